The number of fused-ring (bicyclic) bond motifs is 1. The molecule has 146 valence electrons. The first-order chi connectivity index (χ1) is 14.0. The Morgan fingerprint density at radius 2 is 1.83 bits per heavy atom. The lowest BCUT2D eigenvalue weighted by Gasteiger charge is -2.07. The predicted molar refractivity (Wildman–Crippen MR) is 107 cm³/mol. The molecule has 8 nitrogen and oxygen atoms in total. The van der Waals surface area contributed by atoms with E-state index in [1.165, 1.54) is 22.6 Å². The van der Waals surface area contributed by atoms with Gasteiger partial charge in [0.25, 0.3) is 0 Å². The Morgan fingerprint density at radius 1 is 1.10 bits per heavy atom. The summed E-state index contributed by atoms with van der Waals surface area (Å²) in [5.74, 6) is -0.836. The Balaban J connectivity index is 1.65. The lowest BCUT2D eigenvalue weighted by atomic mass is 10.3. The van der Waals surface area contributed by atoms with Gasteiger partial charge in [-0.15, -0.1) is 5.10 Å². The first-order valence-electron chi connectivity index (χ1n) is 8.85. The first-order valence-corrected chi connectivity index (χ1v) is 8.85. The molecule has 4 rings (SSSR count). The van der Waals surface area contributed by atoms with Gasteiger partial charge in [0, 0.05) is 17.4 Å². The Kier molecular flexibility index (Phi) is 4.78. The Morgan fingerprint density at radius 3 is 2.59 bits per heavy atom. The fourth-order valence-corrected chi connectivity index (χ4v) is 2.88. The fourth-order valence-electron chi connectivity index (χ4n) is 2.88. The van der Waals surface area contributed by atoms with E-state index in [9.17, 15) is 14.0 Å². The highest BCUT2D eigenvalue weighted by Crippen LogP contribution is 2.15. The zero-order valence-corrected chi connectivity index (χ0v) is 15.5. The topological polar surface area (TPSA) is 93.3 Å². The molecule has 0 aliphatic heterocycles. The molecule has 0 saturated heterocycles. The highest BCUT2D eigenvalue weighted by atomic mass is 19.1. The van der Waals surface area contributed by atoms with Gasteiger partial charge >= 0.3 is 5.69 Å². The number of aryl methyl sites for hydroxylation is 1. The molecule has 0 aliphatic carbocycles. The van der Waals surface area contributed by atoms with Gasteiger partial charge in [-0.25, -0.2) is 23.3 Å². The molecule has 0 fully saturated rings. The second kappa shape index (κ2) is 7.55. The summed E-state index contributed by atoms with van der Waals surface area (Å²) < 4.78 is 16.0. The van der Waals surface area contributed by atoms with Gasteiger partial charge in [-0.1, -0.05) is 30.3 Å². The summed E-state index contributed by atoms with van der Waals surface area (Å²) >= 11 is 0. The maximum Gasteiger partial charge on any atom is 0.353 e. The third kappa shape index (κ3) is 3.84. The third-order valence-corrected chi connectivity index (χ3v) is 4.17. The van der Waals surface area contributed by atoms with Crippen LogP contribution < -0.4 is 16.3 Å². The Bertz CT molecular complexity index is 1250. The quantitative estimate of drug-likeness (QED) is 0.545. The molecule has 2 heterocycles. The zero-order chi connectivity index (χ0) is 20.4. The number of hydrogen-bond donors (Lipinski definition) is 2. The average molecular weight is 392 g/mol. The van der Waals surface area contributed by atoms with Gasteiger partial charge in [0.2, 0.25) is 11.9 Å². The van der Waals surface area contributed by atoms with Crippen molar-refractivity contribution >= 4 is 28.9 Å². The molecule has 2 aromatic heterocycles. The molecule has 2 N–H and O–H groups in total. The van der Waals surface area contributed by atoms with Gasteiger partial charge in [-0.05, 0) is 31.2 Å². The standard InChI is InChI=1S/C20H17FN6O2/c1-13-11-17-25-26(12-18(28)24-16-10-6-5-9-15(16)21)20(29)27(17)19(22-13)23-14-7-3-2-4-8-14/h2-11H,12H2,1H3,(H,22,23)(H,24,28). The number of benzene rings is 2. The lowest BCUT2D eigenvalue weighted by Crippen LogP contribution is -2.29. The number of halogens is 1. The molecule has 0 saturated carbocycles. The summed E-state index contributed by atoms with van der Waals surface area (Å²) in [4.78, 5) is 29.5. The number of amides is 1. The van der Waals surface area contributed by atoms with Crippen molar-refractivity contribution in [3.05, 3.63) is 82.7 Å². The van der Waals surface area contributed by atoms with Crippen molar-refractivity contribution in [3.8, 4) is 0 Å². The van der Waals surface area contributed by atoms with Crippen molar-refractivity contribution in [2.24, 2.45) is 0 Å². The highest BCUT2D eigenvalue weighted by Gasteiger charge is 2.16. The van der Waals surface area contributed by atoms with Crippen LogP contribution in [0.2, 0.25) is 0 Å². The van der Waals surface area contributed by atoms with Crippen molar-refractivity contribution in [3.63, 3.8) is 0 Å². The SMILES string of the molecule is Cc1cc2nn(CC(=O)Nc3ccccc3F)c(=O)n2c(Nc2ccccc2)n1. The van der Waals surface area contributed by atoms with Crippen LogP contribution in [0, 0.1) is 12.7 Å². The van der Waals surface area contributed by atoms with E-state index in [1.807, 2.05) is 30.3 Å². The van der Waals surface area contributed by atoms with Crippen molar-refractivity contribution in [1.29, 1.82) is 0 Å². The number of carbonyl (C=O) groups is 1. The molecule has 0 unspecified atom stereocenters. The minimum Gasteiger partial charge on any atom is -0.325 e. The Hall–Kier alpha value is -4.01. The number of rotatable bonds is 5. The summed E-state index contributed by atoms with van der Waals surface area (Å²) in [5, 5.41) is 9.74. The number of nitrogens with zero attached hydrogens (tertiary/aromatic N) is 4. The molecule has 0 atom stereocenters. The minimum atomic E-state index is -0.567. The lowest BCUT2D eigenvalue weighted by molar-refractivity contribution is -0.117. The highest BCUT2D eigenvalue weighted by molar-refractivity contribution is 5.90. The summed E-state index contributed by atoms with van der Waals surface area (Å²) in [6.45, 7) is 1.42. The molecular formula is C20H17FN6O2. The van der Waals surface area contributed by atoms with Gasteiger partial charge in [0.15, 0.2) is 5.65 Å². The van der Waals surface area contributed by atoms with Crippen LogP contribution in [0.1, 0.15) is 5.69 Å². The molecule has 0 aliphatic rings. The summed E-state index contributed by atoms with van der Waals surface area (Å²) in [6.07, 6.45) is 0. The number of hydrogen-bond acceptors (Lipinski definition) is 5. The molecule has 9 heteroatoms. The smallest absolute Gasteiger partial charge is 0.325 e. The molecule has 2 aromatic carbocycles. The van der Waals surface area contributed by atoms with Gasteiger partial charge in [-0.2, -0.15) is 0 Å². The molecule has 1 amide bonds. The van der Waals surface area contributed by atoms with Gasteiger partial charge in [-0.3, -0.25) is 4.79 Å². The van der Waals surface area contributed by atoms with Crippen LogP contribution in [0.25, 0.3) is 5.65 Å². The van der Waals surface area contributed by atoms with Crippen molar-refractivity contribution in [2.75, 3.05) is 10.6 Å². The van der Waals surface area contributed by atoms with E-state index in [0.29, 0.717) is 11.3 Å². The molecule has 4 aromatic rings. The average Bonchev–Trinajstić information content (AvgIpc) is 2.99. The number of carbonyl (C=O) groups excluding carboxylic acids is 1. The molecular weight excluding hydrogens is 375 g/mol. The predicted octanol–water partition coefficient (Wildman–Crippen LogP) is 2.72. The van der Waals surface area contributed by atoms with E-state index in [4.69, 9.17) is 0 Å². The van der Waals surface area contributed by atoms with Crippen LogP contribution in [0.15, 0.2) is 65.5 Å². The molecule has 0 bridgehead atoms. The summed E-state index contributed by atoms with van der Waals surface area (Å²) in [5.41, 5.74) is 1.26. The van der Waals surface area contributed by atoms with E-state index >= 15 is 0 Å². The number of para-hydroxylation sites is 2. The maximum absolute atomic E-state index is 13.7. The van der Waals surface area contributed by atoms with Gasteiger partial charge < -0.3 is 10.6 Å². The van der Waals surface area contributed by atoms with Crippen LogP contribution in [0.5, 0.6) is 0 Å². The first kappa shape index (κ1) is 18.4. The van der Waals surface area contributed by atoms with Crippen LogP contribution in [0.3, 0.4) is 0 Å². The van der Waals surface area contributed by atoms with Crippen LogP contribution in [-0.4, -0.2) is 25.1 Å². The third-order valence-electron chi connectivity index (χ3n) is 4.17. The van der Waals surface area contributed by atoms with E-state index < -0.39 is 17.4 Å². The van der Waals surface area contributed by atoms with E-state index in [0.717, 1.165) is 10.4 Å². The monoisotopic (exact) mass is 392 g/mol. The van der Waals surface area contributed by atoms with E-state index in [2.05, 4.69) is 20.7 Å². The maximum atomic E-state index is 13.7. The van der Waals surface area contributed by atoms with E-state index in [1.54, 1.807) is 19.1 Å². The molecule has 0 spiro atoms. The zero-order valence-electron chi connectivity index (χ0n) is 15.5. The molecule has 29 heavy (non-hydrogen) atoms. The normalized spacial score (nSPS) is 10.8. The second-order valence-corrected chi connectivity index (χ2v) is 6.37. The van der Waals surface area contributed by atoms with Crippen molar-refractivity contribution < 1.29 is 9.18 Å². The largest absolute Gasteiger partial charge is 0.353 e. The van der Waals surface area contributed by atoms with Gasteiger partial charge in [0.1, 0.15) is 12.4 Å². The molecule has 0 radical (unpaired) electrons. The number of nitrogens with one attached hydrogen (secondary N) is 2. The summed E-state index contributed by atoms with van der Waals surface area (Å²) in [6, 6.07) is 16.7. The summed E-state index contributed by atoms with van der Waals surface area (Å²) in [7, 11) is 0. The second-order valence-electron chi connectivity index (χ2n) is 6.37. The van der Waals surface area contributed by atoms with Crippen LogP contribution in [-0.2, 0) is 11.3 Å². The Labute approximate surface area is 164 Å². The van der Waals surface area contributed by atoms with Gasteiger partial charge in [0.05, 0.1) is 5.69 Å². The number of aromatic nitrogens is 4. The minimum absolute atomic E-state index is 0.0401. The fraction of sp³-hybridized carbons (Fsp3) is 0.100. The van der Waals surface area contributed by atoms with E-state index in [-0.39, 0.29) is 18.2 Å². The van der Waals surface area contributed by atoms with Crippen molar-refractivity contribution in [1.82, 2.24) is 19.2 Å². The number of anilines is 3. The van der Waals surface area contributed by atoms with Crippen molar-refractivity contribution in [2.45, 2.75) is 13.5 Å². The van der Waals surface area contributed by atoms with Crippen LogP contribution in [0.4, 0.5) is 21.7 Å². The van der Waals surface area contributed by atoms with Crippen LogP contribution >= 0.6 is 0 Å².